The van der Waals surface area contributed by atoms with Crippen LogP contribution in [0, 0.1) is 6.92 Å². The molecule has 4 aromatic rings. The Labute approximate surface area is 190 Å². The number of rotatable bonds is 7. The van der Waals surface area contributed by atoms with Crippen LogP contribution in [0.2, 0.25) is 0 Å². The SMILES string of the molecule is COc1ccc(-c2n[nH]c(CNC(=O)c3cccc(C)c3NC(=O)c3ccncc3)n2)cc1. The van der Waals surface area contributed by atoms with Crippen molar-refractivity contribution < 1.29 is 14.3 Å². The van der Waals surface area contributed by atoms with Crippen LogP contribution in [0.5, 0.6) is 5.75 Å². The predicted molar refractivity (Wildman–Crippen MR) is 123 cm³/mol. The molecule has 0 aliphatic carbocycles. The summed E-state index contributed by atoms with van der Waals surface area (Å²) in [5.41, 5.74) is 2.85. The highest BCUT2D eigenvalue weighted by Crippen LogP contribution is 2.22. The number of amides is 2. The highest BCUT2D eigenvalue weighted by molar-refractivity contribution is 6.09. The van der Waals surface area contributed by atoms with Crippen molar-refractivity contribution in [3.8, 4) is 17.1 Å². The summed E-state index contributed by atoms with van der Waals surface area (Å²) in [7, 11) is 1.60. The zero-order valence-electron chi connectivity index (χ0n) is 18.1. The van der Waals surface area contributed by atoms with Gasteiger partial charge >= 0.3 is 0 Å². The van der Waals surface area contributed by atoms with Gasteiger partial charge in [0.1, 0.15) is 11.6 Å². The van der Waals surface area contributed by atoms with Crippen LogP contribution in [-0.4, -0.2) is 39.1 Å². The van der Waals surface area contributed by atoms with E-state index in [0.29, 0.717) is 28.5 Å². The molecule has 0 atom stereocenters. The number of aryl methyl sites for hydroxylation is 1. The molecule has 0 saturated carbocycles. The van der Waals surface area contributed by atoms with Crippen molar-refractivity contribution in [2.75, 3.05) is 12.4 Å². The Morgan fingerprint density at radius 1 is 1.00 bits per heavy atom. The van der Waals surface area contributed by atoms with E-state index in [9.17, 15) is 9.59 Å². The standard InChI is InChI=1S/C24H22N6O3/c1-15-4-3-5-19(21(15)28-23(31)17-10-12-25-13-11-17)24(32)26-14-20-27-22(30-29-20)16-6-8-18(33-2)9-7-16/h3-13H,14H2,1-2H3,(H,26,32)(H,28,31)(H,27,29,30). The molecular formula is C24H22N6O3. The van der Waals surface area contributed by atoms with Gasteiger partial charge < -0.3 is 15.4 Å². The van der Waals surface area contributed by atoms with Gasteiger partial charge in [-0.15, -0.1) is 0 Å². The number of para-hydroxylation sites is 1. The molecule has 2 heterocycles. The van der Waals surface area contributed by atoms with Crippen LogP contribution in [0.4, 0.5) is 5.69 Å². The molecule has 0 aliphatic heterocycles. The van der Waals surface area contributed by atoms with E-state index in [1.807, 2.05) is 37.3 Å². The van der Waals surface area contributed by atoms with Gasteiger partial charge in [-0.1, -0.05) is 12.1 Å². The lowest BCUT2D eigenvalue weighted by Gasteiger charge is -2.13. The van der Waals surface area contributed by atoms with Crippen molar-refractivity contribution in [1.82, 2.24) is 25.5 Å². The first-order valence-corrected chi connectivity index (χ1v) is 10.2. The number of carbonyl (C=O) groups is 2. The molecule has 0 spiro atoms. The Morgan fingerprint density at radius 2 is 1.76 bits per heavy atom. The Hall–Kier alpha value is -4.53. The monoisotopic (exact) mass is 442 g/mol. The minimum atomic E-state index is -0.342. The van der Waals surface area contributed by atoms with Gasteiger partial charge in [0.2, 0.25) is 0 Å². The first-order valence-electron chi connectivity index (χ1n) is 10.2. The third kappa shape index (κ3) is 5.04. The second-order valence-corrected chi connectivity index (χ2v) is 7.20. The molecule has 0 radical (unpaired) electrons. The summed E-state index contributed by atoms with van der Waals surface area (Å²) in [5, 5.41) is 12.7. The summed E-state index contributed by atoms with van der Waals surface area (Å²) >= 11 is 0. The van der Waals surface area contributed by atoms with Crippen molar-refractivity contribution >= 4 is 17.5 Å². The van der Waals surface area contributed by atoms with Crippen molar-refractivity contribution in [2.24, 2.45) is 0 Å². The number of hydrogen-bond donors (Lipinski definition) is 3. The van der Waals surface area contributed by atoms with Gasteiger partial charge in [-0.2, -0.15) is 5.10 Å². The van der Waals surface area contributed by atoms with Crippen molar-refractivity contribution in [3.05, 3.63) is 89.5 Å². The number of carbonyl (C=O) groups excluding carboxylic acids is 2. The topological polar surface area (TPSA) is 122 Å². The summed E-state index contributed by atoms with van der Waals surface area (Å²) in [6.07, 6.45) is 3.08. The van der Waals surface area contributed by atoms with Gasteiger partial charge in [-0.05, 0) is 55.0 Å². The number of methoxy groups -OCH3 is 1. The van der Waals surface area contributed by atoms with Crippen LogP contribution in [0.25, 0.3) is 11.4 Å². The number of nitrogens with zero attached hydrogens (tertiary/aromatic N) is 3. The molecule has 0 saturated heterocycles. The number of ether oxygens (including phenoxy) is 1. The number of anilines is 1. The zero-order valence-corrected chi connectivity index (χ0v) is 18.1. The van der Waals surface area contributed by atoms with Crippen LogP contribution < -0.4 is 15.4 Å². The largest absolute Gasteiger partial charge is 0.497 e. The van der Waals surface area contributed by atoms with Crippen LogP contribution in [0.1, 0.15) is 32.1 Å². The van der Waals surface area contributed by atoms with E-state index in [4.69, 9.17) is 4.74 Å². The second kappa shape index (κ2) is 9.73. The number of nitrogens with one attached hydrogen (secondary N) is 3. The van der Waals surface area contributed by atoms with E-state index in [0.717, 1.165) is 16.9 Å². The first-order chi connectivity index (χ1) is 16.0. The molecule has 0 bridgehead atoms. The molecule has 2 aromatic heterocycles. The molecule has 2 aromatic carbocycles. The summed E-state index contributed by atoms with van der Waals surface area (Å²) in [6, 6.07) is 15.8. The van der Waals surface area contributed by atoms with Gasteiger partial charge in [-0.3, -0.25) is 19.7 Å². The molecular weight excluding hydrogens is 420 g/mol. The molecule has 9 heteroatoms. The fourth-order valence-corrected chi connectivity index (χ4v) is 3.21. The third-order valence-electron chi connectivity index (χ3n) is 4.99. The molecule has 2 amide bonds. The number of aromatic nitrogens is 4. The van der Waals surface area contributed by atoms with Crippen molar-refractivity contribution in [3.63, 3.8) is 0 Å². The van der Waals surface area contributed by atoms with Gasteiger partial charge in [0.15, 0.2) is 5.82 Å². The highest BCUT2D eigenvalue weighted by Gasteiger charge is 2.17. The maximum absolute atomic E-state index is 12.9. The van der Waals surface area contributed by atoms with Crippen molar-refractivity contribution in [2.45, 2.75) is 13.5 Å². The normalized spacial score (nSPS) is 10.5. The fraction of sp³-hybridized carbons (Fsp3) is 0.125. The Kier molecular flexibility index (Phi) is 6.40. The quantitative estimate of drug-likeness (QED) is 0.403. The average molecular weight is 442 g/mol. The van der Waals surface area contributed by atoms with E-state index in [-0.39, 0.29) is 18.4 Å². The van der Waals surface area contributed by atoms with Gasteiger partial charge in [0, 0.05) is 23.5 Å². The van der Waals surface area contributed by atoms with Crippen LogP contribution in [-0.2, 0) is 6.54 Å². The lowest BCUT2D eigenvalue weighted by molar-refractivity contribution is 0.0950. The maximum Gasteiger partial charge on any atom is 0.255 e. The molecule has 0 unspecified atom stereocenters. The zero-order chi connectivity index (χ0) is 23.2. The summed E-state index contributed by atoms with van der Waals surface area (Å²) in [4.78, 5) is 33.9. The lowest BCUT2D eigenvalue weighted by Crippen LogP contribution is -2.25. The Balaban J connectivity index is 1.45. The van der Waals surface area contributed by atoms with Gasteiger partial charge in [0.05, 0.1) is 24.9 Å². The van der Waals surface area contributed by atoms with E-state index in [1.165, 1.54) is 12.4 Å². The molecule has 0 fully saturated rings. The van der Waals surface area contributed by atoms with Crippen molar-refractivity contribution in [1.29, 1.82) is 0 Å². The minimum Gasteiger partial charge on any atom is -0.497 e. The van der Waals surface area contributed by atoms with E-state index in [1.54, 1.807) is 31.4 Å². The molecule has 0 aliphatic rings. The van der Waals surface area contributed by atoms with E-state index < -0.39 is 0 Å². The Bertz CT molecular complexity index is 1270. The van der Waals surface area contributed by atoms with Gasteiger partial charge in [0.25, 0.3) is 11.8 Å². The molecule has 4 rings (SSSR count). The number of pyridine rings is 1. The molecule has 166 valence electrons. The van der Waals surface area contributed by atoms with Crippen LogP contribution >= 0.6 is 0 Å². The summed E-state index contributed by atoms with van der Waals surface area (Å²) in [6.45, 7) is 1.98. The van der Waals surface area contributed by atoms with Crippen LogP contribution in [0.15, 0.2) is 67.0 Å². The lowest BCUT2D eigenvalue weighted by atomic mass is 10.1. The van der Waals surface area contributed by atoms with Gasteiger partial charge in [-0.25, -0.2) is 4.98 Å². The summed E-state index contributed by atoms with van der Waals surface area (Å²) in [5.74, 6) is 1.10. The molecule has 9 nitrogen and oxygen atoms in total. The number of aromatic amines is 1. The first kappa shape index (κ1) is 21.7. The smallest absolute Gasteiger partial charge is 0.255 e. The number of benzene rings is 2. The van der Waals surface area contributed by atoms with E-state index >= 15 is 0 Å². The minimum absolute atomic E-state index is 0.146. The fourth-order valence-electron chi connectivity index (χ4n) is 3.21. The third-order valence-corrected chi connectivity index (χ3v) is 4.99. The molecule has 3 N–H and O–H groups in total. The second-order valence-electron chi connectivity index (χ2n) is 7.20. The summed E-state index contributed by atoms with van der Waals surface area (Å²) < 4.78 is 5.16. The average Bonchev–Trinajstić information content (AvgIpc) is 3.33. The van der Waals surface area contributed by atoms with Crippen LogP contribution in [0.3, 0.4) is 0 Å². The predicted octanol–water partition coefficient (Wildman–Crippen LogP) is 3.37. The molecule has 33 heavy (non-hydrogen) atoms. The van der Waals surface area contributed by atoms with E-state index in [2.05, 4.69) is 30.8 Å². The highest BCUT2D eigenvalue weighted by atomic mass is 16.5. The number of H-pyrrole nitrogens is 1. The maximum atomic E-state index is 12.9. The number of hydrogen-bond acceptors (Lipinski definition) is 6. The Morgan fingerprint density at radius 3 is 2.48 bits per heavy atom.